The Morgan fingerprint density at radius 1 is 1.10 bits per heavy atom. The second kappa shape index (κ2) is 7.69. The number of aromatic nitrogens is 3. The van der Waals surface area contributed by atoms with Crippen molar-refractivity contribution < 1.29 is 35.9 Å². The highest BCUT2D eigenvalue weighted by atomic mass is 19.4. The van der Waals surface area contributed by atoms with Crippen molar-refractivity contribution in [1.82, 2.24) is 19.2 Å². The van der Waals surface area contributed by atoms with E-state index in [1.54, 1.807) is 0 Å². The SMILES string of the molecule is Cn1c(C(F)(F)F)nn(C2CCN(C(=O)c3ccccc3OC(F)(F)F)CC2)c1=O. The lowest BCUT2D eigenvalue weighted by atomic mass is 10.0. The fourth-order valence-electron chi connectivity index (χ4n) is 3.28. The first-order chi connectivity index (χ1) is 13.9. The zero-order valence-corrected chi connectivity index (χ0v) is 15.5. The lowest BCUT2D eigenvalue weighted by molar-refractivity contribution is -0.274. The summed E-state index contributed by atoms with van der Waals surface area (Å²) in [5.74, 6) is -2.69. The van der Waals surface area contributed by atoms with Crippen LogP contribution in [0.1, 0.15) is 35.1 Å². The molecule has 1 aliphatic rings. The van der Waals surface area contributed by atoms with E-state index in [1.807, 2.05) is 0 Å². The monoisotopic (exact) mass is 438 g/mol. The third-order valence-electron chi connectivity index (χ3n) is 4.70. The number of likely N-dealkylation sites (tertiary alicyclic amines) is 1. The molecular formula is C17H16F6N4O3. The Labute approximate surface area is 165 Å². The van der Waals surface area contributed by atoms with Crippen LogP contribution >= 0.6 is 0 Å². The number of halogens is 6. The first-order valence-electron chi connectivity index (χ1n) is 8.75. The highest BCUT2D eigenvalue weighted by Gasteiger charge is 2.39. The average Bonchev–Trinajstić information content (AvgIpc) is 2.96. The van der Waals surface area contributed by atoms with E-state index in [-0.39, 0.29) is 31.5 Å². The molecule has 2 aromatic rings. The molecule has 1 amide bonds. The maximum Gasteiger partial charge on any atom is 0.573 e. The Balaban J connectivity index is 1.74. The van der Waals surface area contributed by atoms with E-state index < -0.39 is 41.8 Å². The van der Waals surface area contributed by atoms with Crippen LogP contribution < -0.4 is 10.4 Å². The van der Waals surface area contributed by atoms with Gasteiger partial charge in [0.25, 0.3) is 5.91 Å². The number of alkyl halides is 6. The molecule has 2 heterocycles. The Bertz CT molecular complexity index is 987. The van der Waals surface area contributed by atoms with Crippen molar-refractivity contribution in [3.8, 4) is 5.75 Å². The van der Waals surface area contributed by atoms with E-state index in [0.29, 0.717) is 4.57 Å². The zero-order chi connectivity index (χ0) is 22.3. The molecule has 3 rings (SSSR count). The Morgan fingerprint density at radius 2 is 1.70 bits per heavy atom. The number of hydrogen-bond acceptors (Lipinski definition) is 4. The summed E-state index contributed by atoms with van der Waals surface area (Å²) in [6, 6.07) is 4.20. The molecule has 1 aromatic heterocycles. The van der Waals surface area contributed by atoms with Gasteiger partial charge in [-0.25, -0.2) is 9.48 Å². The second-order valence-corrected chi connectivity index (χ2v) is 6.67. The molecule has 0 aliphatic carbocycles. The summed E-state index contributed by atoms with van der Waals surface area (Å²) in [4.78, 5) is 26.0. The molecule has 1 aromatic carbocycles. The minimum atomic E-state index is -4.97. The van der Waals surface area contributed by atoms with Crippen LogP contribution in [0.5, 0.6) is 5.75 Å². The van der Waals surface area contributed by atoms with E-state index in [1.165, 1.54) is 23.1 Å². The van der Waals surface area contributed by atoms with Crippen LogP contribution in [0.4, 0.5) is 26.3 Å². The molecule has 30 heavy (non-hydrogen) atoms. The van der Waals surface area contributed by atoms with Gasteiger partial charge in [-0.1, -0.05) is 12.1 Å². The fourth-order valence-corrected chi connectivity index (χ4v) is 3.28. The third kappa shape index (κ3) is 4.44. The largest absolute Gasteiger partial charge is 0.573 e. The fraction of sp³-hybridized carbons (Fsp3) is 0.471. The van der Waals surface area contributed by atoms with Crippen LogP contribution in [0.3, 0.4) is 0 Å². The van der Waals surface area contributed by atoms with Gasteiger partial charge >= 0.3 is 18.2 Å². The van der Waals surface area contributed by atoms with Crippen LogP contribution in [0.15, 0.2) is 29.1 Å². The molecule has 0 unspecified atom stereocenters. The van der Waals surface area contributed by atoms with Crippen molar-refractivity contribution in [2.75, 3.05) is 13.1 Å². The number of hydrogen-bond donors (Lipinski definition) is 0. The van der Waals surface area contributed by atoms with Crippen molar-refractivity contribution in [2.24, 2.45) is 7.05 Å². The van der Waals surface area contributed by atoms with Crippen molar-refractivity contribution in [2.45, 2.75) is 31.4 Å². The minimum absolute atomic E-state index is 0.0220. The number of benzene rings is 1. The van der Waals surface area contributed by atoms with Gasteiger partial charge in [-0.3, -0.25) is 9.36 Å². The first kappa shape index (κ1) is 21.7. The van der Waals surface area contributed by atoms with Crippen molar-refractivity contribution in [3.63, 3.8) is 0 Å². The molecule has 13 heteroatoms. The smallest absolute Gasteiger partial charge is 0.405 e. The molecule has 164 valence electrons. The maximum absolute atomic E-state index is 12.9. The van der Waals surface area contributed by atoms with Gasteiger partial charge < -0.3 is 9.64 Å². The van der Waals surface area contributed by atoms with Gasteiger partial charge in [-0.2, -0.15) is 13.2 Å². The number of para-hydroxylation sites is 1. The molecule has 1 fully saturated rings. The maximum atomic E-state index is 12.9. The number of amides is 1. The molecule has 0 spiro atoms. The number of carbonyl (C=O) groups excluding carboxylic acids is 1. The quantitative estimate of drug-likeness (QED) is 0.692. The molecule has 0 bridgehead atoms. The van der Waals surface area contributed by atoms with Gasteiger partial charge in [0.15, 0.2) is 0 Å². The number of rotatable bonds is 3. The highest BCUT2D eigenvalue weighted by Crippen LogP contribution is 2.30. The number of ether oxygens (including phenoxy) is 1. The molecule has 1 aliphatic heterocycles. The molecule has 0 N–H and O–H groups in total. The molecule has 0 radical (unpaired) electrons. The van der Waals surface area contributed by atoms with Gasteiger partial charge in [0.2, 0.25) is 5.82 Å². The summed E-state index contributed by atoms with van der Waals surface area (Å²) in [6.45, 7) is 0.0441. The Morgan fingerprint density at radius 3 is 2.23 bits per heavy atom. The van der Waals surface area contributed by atoms with Crippen LogP contribution in [0.2, 0.25) is 0 Å². The standard InChI is InChI=1S/C17H16F6N4O3/c1-25-14(16(18,19)20)24-27(15(25)29)10-6-8-26(9-7-10)13(28)11-4-2-3-5-12(11)30-17(21,22)23/h2-5,10H,6-9H2,1H3. The summed E-state index contributed by atoms with van der Waals surface area (Å²) >= 11 is 0. The molecule has 7 nitrogen and oxygen atoms in total. The minimum Gasteiger partial charge on any atom is -0.405 e. The second-order valence-electron chi connectivity index (χ2n) is 6.67. The van der Waals surface area contributed by atoms with Crippen LogP contribution in [-0.4, -0.2) is 44.6 Å². The summed E-state index contributed by atoms with van der Waals surface area (Å²) < 4.78 is 81.5. The molecule has 1 saturated heterocycles. The highest BCUT2D eigenvalue weighted by molar-refractivity contribution is 5.97. The van der Waals surface area contributed by atoms with Crippen LogP contribution in [0, 0.1) is 0 Å². The van der Waals surface area contributed by atoms with Gasteiger partial charge in [0, 0.05) is 20.1 Å². The predicted molar refractivity (Wildman–Crippen MR) is 89.8 cm³/mol. The lowest BCUT2D eigenvalue weighted by Gasteiger charge is -2.32. The number of carbonyl (C=O) groups is 1. The molecular weight excluding hydrogens is 422 g/mol. The van der Waals surface area contributed by atoms with Crippen LogP contribution in [0.25, 0.3) is 0 Å². The van der Waals surface area contributed by atoms with Crippen molar-refractivity contribution in [1.29, 1.82) is 0 Å². The number of nitrogens with zero attached hydrogens (tertiary/aromatic N) is 4. The third-order valence-corrected chi connectivity index (χ3v) is 4.70. The van der Waals surface area contributed by atoms with E-state index in [4.69, 9.17) is 0 Å². The first-order valence-corrected chi connectivity index (χ1v) is 8.75. The molecule has 0 saturated carbocycles. The van der Waals surface area contributed by atoms with Gasteiger partial charge in [-0.05, 0) is 25.0 Å². The van der Waals surface area contributed by atoms with Gasteiger partial charge in [0.1, 0.15) is 5.75 Å². The van der Waals surface area contributed by atoms with Gasteiger partial charge in [0.05, 0.1) is 11.6 Å². The van der Waals surface area contributed by atoms with E-state index in [0.717, 1.165) is 17.8 Å². The number of piperidine rings is 1. The summed E-state index contributed by atoms with van der Waals surface area (Å²) in [5.41, 5.74) is -1.22. The average molecular weight is 438 g/mol. The molecule has 0 atom stereocenters. The Hall–Kier alpha value is -2.99. The van der Waals surface area contributed by atoms with Crippen LogP contribution in [-0.2, 0) is 13.2 Å². The summed E-state index contributed by atoms with van der Waals surface area (Å²) in [5, 5.41) is 3.38. The van der Waals surface area contributed by atoms with Crippen molar-refractivity contribution in [3.05, 3.63) is 46.1 Å². The predicted octanol–water partition coefficient (Wildman–Crippen LogP) is 2.98. The van der Waals surface area contributed by atoms with E-state index in [9.17, 15) is 35.9 Å². The summed E-state index contributed by atoms with van der Waals surface area (Å²) in [6.07, 6.45) is -9.54. The Kier molecular flexibility index (Phi) is 5.56. The van der Waals surface area contributed by atoms with Crippen molar-refractivity contribution >= 4 is 5.91 Å². The normalized spacial score (nSPS) is 16.0. The topological polar surface area (TPSA) is 69.4 Å². The lowest BCUT2D eigenvalue weighted by Crippen LogP contribution is -2.41. The van der Waals surface area contributed by atoms with Gasteiger partial charge in [-0.15, -0.1) is 18.3 Å². The van der Waals surface area contributed by atoms with E-state index >= 15 is 0 Å². The van der Waals surface area contributed by atoms with E-state index in [2.05, 4.69) is 9.84 Å². The summed E-state index contributed by atoms with van der Waals surface area (Å²) in [7, 11) is 0.963. The zero-order valence-electron chi connectivity index (χ0n) is 15.5.